The second-order valence-electron chi connectivity index (χ2n) is 14.8. The average molecular weight is 829 g/mol. The summed E-state index contributed by atoms with van der Waals surface area (Å²) in [5.74, 6) is 2.15. The van der Waals surface area contributed by atoms with Crippen molar-refractivity contribution in [1.82, 2.24) is 25.0 Å². The highest BCUT2D eigenvalue weighted by Gasteiger charge is 2.47. The van der Waals surface area contributed by atoms with Gasteiger partial charge in [-0.05, 0) is 83.7 Å². The summed E-state index contributed by atoms with van der Waals surface area (Å²) in [6, 6.07) is 24.3. The molecule has 0 radical (unpaired) electrons. The second kappa shape index (κ2) is 19.1. The Morgan fingerprint density at radius 3 is 1.42 bits per heavy atom. The standard InChI is InChI=1S/C23H24F2N2O3.C22H24F2N4O2/c1-26(2)22(29)27-15-16(19-13-18(24)9-10-20(19)25)14-23(27,12-11-21(28)30-3)17-7-5-4-6-8-17;1-27(2)21(30)28-14-15(18-12-17(23)8-9-19(18)24)13-22(28,11-10-20(29)26-25)16-6-4-3-5-7-16/h4-10,13-14H,11-12,15H2,1-3H3;3-9,12-13H,10-11,14,25H2,1-2H3,(H,26,29). The summed E-state index contributed by atoms with van der Waals surface area (Å²) in [6.07, 6.45) is 4.08. The minimum absolute atomic E-state index is 0.0397. The molecule has 0 aromatic heterocycles. The Hall–Kier alpha value is -6.48. The summed E-state index contributed by atoms with van der Waals surface area (Å²) in [7, 11) is 7.79. The van der Waals surface area contributed by atoms with E-state index in [9.17, 15) is 36.7 Å². The van der Waals surface area contributed by atoms with Crippen molar-refractivity contribution in [2.75, 3.05) is 48.4 Å². The molecule has 15 heteroatoms. The van der Waals surface area contributed by atoms with Crippen molar-refractivity contribution in [2.24, 2.45) is 5.84 Å². The molecule has 6 rings (SSSR count). The minimum Gasteiger partial charge on any atom is -0.469 e. The van der Waals surface area contributed by atoms with Crippen LogP contribution in [-0.4, -0.2) is 91.9 Å². The second-order valence-corrected chi connectivity index (χ2v) is 14.8. The summed E-state index contributed by atoms with van der Waals surface area (Å²) in [5.41, 5.74) is 2.75. The zero-order valence-electron chi connectivity index (χ0n) is 34.1. The number of carbonyl (C=O) groups excluding carboxylic acids is 4. The molecule has 11 nitrogen and oxygen atoms in total. The number of esters is 1. The summed E-state index contributed by atoms with van der Waals surface area (Å²) in [5, 5.41) is 0. The number of urea groups is 2. The van der Waals surface area contributed by atoms with Crippen molar-refractivity contribution in [3.05, 3.63) is 155 Å². The summed E-state index contributed by atoms with van der Waals surface area (Å²) < 4.78 is 61.6. The van der Waals surface area contributed by atoms with Gasteiger partial charge in [-0.25, -0.2) is 33.0 Å². The number of hydrogen-bond donors (Lipinski definition) is 2. The Morgan fingerprint density at radius 2 is 1.05 bits per heavy atom. The van der Waals surface area contributed by atoms with E-state index in [1.54, 1.807) is 50.1 Å². The molecule has 2 aliphatic heterocycles. The fourth-order valence-corrected chi connectivity index (χ4v) is 7.62. The molecule has 60 heavy (non-hydrogen) atoms. The number of carbonyl (C=O) groups is 4. The normalized spacial score (nSPS) is 18.2. The highest BCUT2D eigenvalue weighted by Crippen LogP contribution is 2.46. The van der Waals surface area contributed by atoms with Gasteiger partial charge in [0.25, 0.3) is 0 Å². The topological polar surface area (TPSA) is 129 Å². The van der Waals surface area contributed by atoms with Gasteiger partial charge < -0.3 is 24.3 Å². The van der Waals surface area contributed by atoms with Gasteiger partial charge >= 0.3 is 18.0 Å². The van der Waals surface area contributed by atoms with Crippen LogP contribution in [0, 0.1) is 23.3 Å². The Morgan fingerprint density at radius 1 is 0.650 bits per heavy atom. The number of ether oxygens (including phenoxy) is 1. The smallest absolute Gasteiger partial charge is 0.320 e. The van der Waals surface area contributed by atoms with Crippen molar-refractivity contribution >= 4 is 35.1 Å². The molecule has 4 aromatic carbocycles. The van der Waals surface area contributed by atoms with Gasteiger partial charge in [0.2, 0.25) is 5.91 Å². The van der Waals surface area contributed by atoms with Crippen molar-refractivity contribution < 1.29 is 41.5 Å². The van der Waals surface area contributed by atoms with E-state index in [1.807, 2.05) is 60.7 Å². The van der Waals surface area contributed by atoms with E-state index >= 15 is 0 Å². The van der Waals surface area contributed by atoms with Gasteiger partial charge in [-0.1, -0.05) is 60.7 Å². The van der Waals surface area contributed by atoms with Crippen LogP contribution < -0.4 is 11.3 Å². The molecule has 0 bridgehead atoms. The molecule has 2 heterocycles. The maximum atomic E-state index is 14.5. The third-order valence-electron chi connectivity index (χ3n) is 10.6. The van der Waals surface area contributed by atoms with E-state index in [-0.39, 0.29) is 67.9 Å². The van der Waals surface area contributed by atoms with Crippen LogP contribution in [-0.2, 0) is 25.4 Å². The average Bonchev–Trinajstić information content (AvgIpc) is 3.84. The monoisotopic (exact) mass is 828 g/mol. The number of hydrogen-bond acceptors (Lipinski definition) is 6. The molecule has 2 unspecified atom stereocenters. The third-order valence-corrected chi connectivity index (χ3v) is 10.6. The number of nitrogens with one attached hydrogen (secondary N) is 1. The molecule has 0 saturated carbocycles. The lowest BCUT2D eigenvalue weighted by Crippen LogP contribution is -2.50. The number of halogens is 4. The lowest BCUT2D eigenvalue weighted by atomic mass is 9.84. The number of nitrogens with zero attached hydrogens (tertiary/aromatic N) is 4. The molecule has 0 spiro atoms. The van der Waals surface area contributed by atoms with Gasteiger partial charge in [-0.15, -0.1) is 0 Å². The molecular weight excluding hydrogens is 781 g/mol. The van der Waals surface area contributed by atoms with Crippen LogP contribution >= 0.6 is 0 Å². The summed E-state index contributed by atoms with van der Waals surface area (Å²) in [4.78, 5) is 56.1. The maximum absolute atomic E-state index is 14.5. The number of rotatable bonds is 10. The van der Waals surface area contributed by atoms with Crippen LogP contribution in [0.2, 0.25) is 0 Å². The number of amides is 5. The summed E-state index contributed by atoms with van der Waals surface area (Å²) in [6.45, 7) is 0.143. The van der Waals surface area contributed by atoms with E-state index in [4.69, 9.17) is 10.6 Å². The summed E-state index contributed by atoms with van der Waals surface area (Å²) >= 11 is 0. The number of hydrazine groups is 1. The molecule has 3 N–H and O–H groups in total. The van der Waals surface area contributed by atoms with Gasteiger partial charge in [-0.3, -0.25) is 15.0 Å². The van der Waals surface area contributed by atoms with Gasteiger partial charge in [-0.2, -0.15) is 0 Å². The van der Waals surface area contributed by atoms with E-state index in [2.05, 4.69) is 5.43 Å². The van der Waals surface area contributed by atoms with Crippen LogP contribution in [0.25, 0.3) is 11.1 Å². The van der Waals surface area contributed by atoms with Gasteiger partial charge in [0.15, 0.2) is 0 Å². The lowest BCUT2D eigenvalue weighted by Gasteiger charge is -2.39. The maximum Gasteiger partial charge on any atom is 0.320 e. The molecule has 0 saturated heterocycles. The molecule has 0 aliphatic carbocycles. The van der Waals surface area contributed by atoms with Crippen LogP contribution in [0.4, 0.5) is 27.2 Å². The molecule has 316 valence electrons. The quantitative estimate of drug-likeness (QED) is 0.0573. The zero-order chi connectivity index (χ0) is 43.8. The van der Waals surface area contributed by atoms with Crippen LogP contribution in [0.5, 0.6) is 0 Å². The van der Waals surface area contributed by atoms with Gasteiger partial charge in [0, 0.05) is 65.2 Å². The zero-order valence-corrected chi connectivity index (χ0v) is 34.1. The van der Waals surface area contributed by atoms with Crippen LogP contribution in [0.3, 0.4) is 0 Å². The first-order valence-electron chi connectivity index (χ1n) is 19.1. The van der Waals surface area contributed by atoms with E-state index < -0.39 is 40.3 Å². The van der Waals surface area contributed by atoms with Crippen LogP contribution in [0.15, 0.2) is 109 Å². The first-order chi connectivity index (χ1) is 28.6. The molecule has 4 aromatic rings. The predicted molar refractivity (Wildman–Crippen MR) is 219 cm³/mol. The Kier molecular flexibility index (Phi) is 14.2. The Labute approximate surface area is 346 Å². The SMILES string of the molecule is CN(C)C(=O)N1CC(c2cc(F)ccc2F)=CC1(CCC(=O)NN)c1ccccc1.COC(=O)CCC1(c2ccccc2)C=C(c2cc(F)ccc2F)CN1C(=O)N(C)C. The fourth-order valence-electron chi connectivity index (χ4n) is 7.62. The van der Waals surface area contributed by atoms with Gasteiger partial charge in [0.1, 0.15) is 23.3 Å². The number of methoxy groups -OCH3 is 1. The fraction of sp³-hybridized carbons (Fsp3) is 0.289. The van der Waals surface area contributed by atoms with E-state index in [0.29, 0.717) is 11.1 Å². The Bertz CT molecular complexity index is 2110. The first-order valence-corrected chi connectivity index (χ1v) is 19.1. The van der Waals surface area contributed by atoms with E-state index in [0.717, 1.165) is 47.5 Å². The number of benzene rings is 4. The van der Waals surface area contributed by atoms with Crippen molar-refractivity contribution in [2.45, 2.75) is 36.8 Å². The van der Waals surface area contributed by atoms with Crippen molar-refractivity contribution in [3.8, 4) is 0 Å². The third kappa shape index (κ3) is 9.52. The molecule has 0 fully saturated rings. The predicted octanol–water partition coefficient (Wildman–Crippen LogP) is 7.21. The Balaban J connectivity index is 0.000000228. The number of nitrogens with two attached hydrogens (primary N) is 1. The first kappa shape index (κ1) is 44.6. The largest absolute Gasteiger partial charge is 0.469 e. The highest BCUT2D eigenvalue weighted by molar-refractivity contribution is 5.85. The molecule has 5 amide bonds. The molecular formula is C45H48F4N6O5. The molecule has 2 atom stereocenters. The van der Waals surface area contributed by atoms with Gasteiger partial charge in [0.05, 0.1) is 18.2 Å². The highest BCUT2D eigenvalue weighted by atomic mass is 19.1. The van der Waals surface area contributed by atoms with E-state index in [1.165, 1.54) is 16.9 Å². The minimum atomic E-state index is -1.02. The lowest BCUT2D eigenvalue weighted by molar-refractivity contribution is -0.141. The molecule has 2 aliphatic rings. The van der Waals surface area contributed by atoms with Crippen LogP contribution in [0.1, 0.15) is 47.9 Å². The van der Waals surface area contributed by atoms with Crippen molar-refractivity contribution in [1.29, 1.82) is 0 Å². The van der Waals surface area contributed by atoms with Crippen molar-refractivity contribution in [3.63, 3.8) is 0 Å².